The Balaban J connectivity index is 0.00000242. The molecule has 0 radical (unpaired) electrons. The fourth-order valence-corrected chi connectivity index (χ4v) is 3.44. The van der Waals surface area contributed by atoms with E-state index in [1.54, 1.807) is 0 Å². The molecular formula is C16H34Cl2N4O. The number of amides is 1. The maximum atomic E-state index is 12.2. The maximum absolute atomic E-state index is 12.2. The van der Waals surface area contributed by atoms with Gasteiger partial charge in [-0.3, -0.25) is 4.79 Å². The second kappa shape index (κ2) is 12.3. The van der Waals surface area contributed by atoms with Crippen LogP contribution < -0.4 is 5.32 Å². The second-order valence-electron chi connectivity index (χ2n) is 6.32. The molecule has 1 amide bonds. The minimum atomic E-state index is 0. The lowest BCUT2D eigenvalue weighted by molar-refractivity contribution is -0.132. The van der Waals surface area contributed by atoms with Crippen LogP contribution in [0.3, 0.4) is 0 Å². The predicted octanol–water partition coefficient (Wildman–Crippen LogP) is 1.32. The molecule has 2 saturated heterocycles. The first-order valence-electron chi connectivity index (χ1n) is 8.66. The van der Waals surface area contributed by atoms with E-state index >= 15 is 0 Å². The van der Waals surface area contributed by atoms with Crippen LogP contribution in [0.15, 0.2) is 0 Å². The molecule has 1 unspecified atom stereocenters. The molecule has 2 heterocycles. The highest BCUT2D eigenvalue weighted by molar-refractivity contribution is 5.85. The van der Waals surface area contributed by atoms with Gasteiger partial charge in [-0.15, -0.1) is 24.8 Å². The van der Waals surface area contributed by atoms with Gasteiger partial charge in [0.1, 0.15) is 0 Å². The molecule has 2 aliphatic heterocycles. The van der Waals surface area contributed by atoms with Gasteiger partial charge in [0.05, 0.1) is 0 Å². The van der Waals surface area contributed by atoms with E-state index in [1.165, 1.54) is 26.1 Å². The molecule has 0 aromatic carbocycles. The Morgan fingerprint density at radius 2 is 1.78 bits per heavy atom. The van der Waals surface area contributed by atoms with Gasteiger partial charge < -0.3 is 20.0 Å². The molecular weight excluding hydrogens is 335 g/mol. The Bertz CT molecular complexity index is 323. The summed E-state index contributed by atoms with van der Waals surface area (Å²) < 4.78 is 0. The Morgan fingerprint density at radius 3 is 2.39 bits per heavy atom. The van der Waals surface area contributed by atoms with Crippen molar-refractivity contribution in [1.29, 1.82) is 0 Å². The highest BCUT2D eigenvalue weighted by atomic mass is 35.5. The van der Waals surface area contributed by atoms with Gasteiger partial charge in [0, 0.05) is 52.2 Å². The van der Waals surface area contributed by atoms with E-state index in [0.29, 0.717) is 12.3 Å². The molecule has 138 valence electrons. The molecule has 1 N–H and O–H groups in total. The number of piperazine rings is 1. The highest BCUT2D eigenvalue weighted by Gasteiger charge is 2.24. The quantitative estimate of drug-likeness (QED) is 0.735. The third-order valence-electron chi connectivity index (χ3n) is 4.89. The Hall–Kier alpha value is -0.0700. The average Bonchev–Trinajstić information content (AvgIpc) is 2.98. The Labute approximate surface area is 153 Å². The molecule has 0 saturated carbocycles. The number of hydrogen-bond acceptors (Lipinski definition) is 4. The lowest BCUT2D eigenvalue weighted by atomic mass is 10.1. The maximum Gasteiger partial charge on any atom is 0.223 e. The zero-order valence-corrected chi connectivity index (χ0v) is 16.3. The van der Waals surface area contributed by atoms with E-state index < -0.39 is 0 Å². The predicted molar refractivity (Wildman–Crippen MR) is 101 cm³/mol. The minimum Gasteiger partial charge on any atom is -0.340 e. The van der Waals surface area contributed by atoms with Crippen LogP contribution in [0.25, 0.3) is 0 Å². The zero-order valence-electron chi connectivity index (χ0n) is 14.6. The summed E-state index contributed by atoms with van der Waals surface area (Å²) in [6.45, 7) is 14.9. The van der Waals surface area contributed by atoms with Crippen LogP contribution in [0.2, 0.25) is 0 Å². The van der Waals surface area contributed by atoms with E-state index in [-0.39, 0.29) is 24.8 Å². The number of carbonyl (C=O) groups is 1. The lowest BCUT2D eigenvalue weighted by Crippen LogP contribution is -2.47. The molecule has 0 spiro atoms. The van der Waals surface area contributed by atoms with Gasteiger partial charge in [0.15, 0.2) is 0 Å². The summed E-state index contributed by atoms with van der Waals surface area (Å²) in [5.41, 5.74) is 0. The third-order valence-corrected chi connectivity index (χ3v) is 4.89. The normalized spacial score (nSPS) is 21.9. The first kappa shape index (κ1) is 22.9. The van der Waals surface area contributed by atoms with Gasteiger partial charge >= 0.3 is 0 Å². The van der Waals surface area contributed by atoms with E-state index in [1.807, 2.05) is 4.90 Å². The van der Waals surface area contributed by atoms with Gasteiger partial charge in [0.25, 0.3) is 0 Å². The van der Waals surface area contributed by atoms with Gasteiger partial charge in [-0.2, -0.15) is 0 Å². The molecule has 0 aromatic rings. The summed E-state index contributed by atoms with van der Waals surface area (Å²) in [7, 11) is 0. The van der Waals surface area contributed by atoms with E-state index in [9.17, 15) is 4.79 Å². The summed E-state index contributed by atoms with van der Waals surface area (Å²) in [6, 6.07) is 0. The Kier molecular flexibility index (Phi) is 12.3. The van der Waals surface area contributed by atoms with E-state index in [4.69, 9.17) is 0 Å². The van der Waals surface area contributed by atoms with Gasteiger partial charge in [-0.1, -0.05) is 13.8 Å². The van der Waals surface area contributed by atoms with Crippen molar-refractivity contribution in [1.82, 2.24) is 20.0 Å². The fraction of sp³-hybridized carbons (Fsp3) is 0.938. The first-order valence-corrected chi connectivity index (χ1v) is 8.66. The number of hydrogen-bond donors (Lipinski definition) is 1. The van der Waals surface area contributed by atoms with Crippen molar-refractivity contribution < 1.29 is 4.79 Å². The molecule has 2 rings (SSSR count). The van der Waals surface area contributed by atoms with E-state index in [0.717, 1.165) is 51.7 Å². The zero-order chi connectivity index (χ0) is 15.1. The largest absolute Gasteiger partial charge is 0.340 e. The number of rotatable bonds is 7. The summed E-state index contributed by atoms with van der Waals surface area (Å²) in [4.78, 5) is 19.2. The van der Waals surface area contributed by atoms with Crippen LogP contribution in [0.1, 0.15) is 26.7 Å². The number of likely N-dealkylation sites (tertiary alicyclic amines) is 1. The van der Waals surface area contributed by atoms with Gasteiger partial charge in [0.2, 0.25) is 5.91 Å². The number of nitrogens with one attached hydrogen (secondary N) is 1. The molecule has 2 fully saturated rings. The first-order chi connectivity index (χ1) is 10.2. The van der Waals surface area contributed by atoms with Crippen molar-refractivity contribution in [2.75, 3.05) is 65.4 Å². The van der Waals surface area contributed by atoms with Crippen molar-refractivity contribution >= 4 is 30.7 Å². The minimum absolute atomic E-state index is 0. The SMILES string of the molecule is CCN(CC)CC1CCN(CCC(=O)N2CCNCC2)C1.Cl.Cl. The van der Waals surface area contributed by atoms with Crippen molar-refractivity contribution in [2.45, 2.75) is 26.7 Å². The molecule has 2 aliphatic rings. The van der Waals surface area contributed by atoms with Crippen molar-refractivity contribution in [3.05, 3.63) is 0 Å². The van der Waals surface area contributed by atoms with Crippen molar-refractivity contribution in [3.63, 3.8) is 0 Å². The summed E-state index contributed by atoms with van der Waals surface area (Å²) in [5, 5.41) is 3.29. The van der Waals surface area contributed by atoms with Crippen LogP contribution in [0.4, 0.5) is 0 Å². The Morgan fingerprint density at radius 1 is 1.13 bits per heavy atom. The monoisotopic (exact) mass is 368 g/mol. The topological polar surface area (TPSA) is 38.8 Å². The smallest absolute Gasteiger partial charge is 0.223 e. The summed E-state index contributed by atoms with van der Waals surface area (Å²) in [5.74, 6) is 1.13. The molecule has 23 heavy (non-hydrogen) atoms. The van der Waals surface area contributed by atoms with Crippen LogP contribution in [0, 0.1) is 5.92 Å². The van der Waals surface area contributed by atoms with Gasteiger partial charge in [-0.25, -0.2) is 0 Å². The number of nitrogens with zero attached hydrogens (tertiary/aromatic N) is 3. The van der Waals surface area contributed by atoms with Crippen molar-refractivity contribution in [3.8, 4) is 0 Å². The summed E-state index contributed by atoms with van der Waals surface area (Å²) in [6.07, 6.45) is 1.98. The summed E-state index contributed by atoms with van der Waals surface area (Å²) >= 11 is 0. The number of halogens is 2. The highest BCUT2D eigenvalue weighted by Crippen LogP contribution is 2.17. The van der Waals surface area contributed by atoms with Crippen LogP contribution >= 0.6 is 24.8 Å². The standard InChI is InChI=1S/C16H32N4O.2ClH/c1-3-18(4-2)13-15-5-9-19(14-15)10-6-16(21)20-11-7-17-8-12-20;;/h15,17H,3-14H2,1-2H3;2*1H. The second-order valence-corrected chi connectivity index (χ2v) is 6.32. The van der Waals surface area contributed by atoms with Crippen molar-refractivity contribution in [2.24, 2.45) is 5.92 Å². The molecule has 5 nitrogen and oxygen atoms in total. The van der Waals surface area contributed by atoms with E-state index in [2.05, 4.69) is 29.0 Å². The average molecular weight is 369 g/mol. The van der Waals surface area contributed by atoms with Crippen LogP contribution in [-0.2, 0) is 4.79 Å². The molecule has 0 bridgehead atoms. The fourth-order valence-electron chi connectivity index (χ4n) is 3.44. The van der Waals surface area contributed by atoms with Crippen LogP contribution in [0.5, 0.6) is 0 Å². The molecule has 1 atom stereocenters. The number of carbonyl (C=O) groups excluding carboxylic acids is 1. The third kappa shape index (κ3) is 7.57. The van der Waals surface area contributed by atoms with Crippen LogP contribution in [-0.4, -0.2) is 86.1 Å². The molecule has 0 aliphatic carbocycles. The molecule has 0 aromatic heterocycles. The molecule has 7 heteroatoms. The van der Waals surface area contributed by atoms with Gasteiger partial charge in [-0.05, 0) is 32.0 Å². The lowest BCUT2D eigenvalue weighted by Gasteiger charge is -2.28.